The molecule has 2 aromatic carbocycles. The van der Waals surface area contributed by atoms with Crippen molar-refractivity contribution in [2.24, 2.45) is 5.92 Å². The molecule has 0 aliphatic rings. The van der Waals surface area contributed by atoms with Crippen LogP contribution in [0.3, 0.4) is 0 Å². The van der Waals surface area contributed by atoms with Gasteiger partial charge in [0.25, 0.3) is 11.6 Å². The monoisotopic (exact) mass is 522 g/mol. The average molecular weight is 523 g/mol. The molecule has 0 aliphatic heterocycles. The molecule has 2 N–H and O–H groups in total. The number of amides is 2. The minimum absolute atomic E-state index is 0.0217. The van der Waals surface area contributed by atoms with E-state index in [4.69, 9.17) is 0 Å². The molecule has 10 nitrogen and oxygen atoms in total. The summed E-state index contributed by atoms with van der Waals surface area (Å²) in [6.45, 7) is 11.8. The molecule has 11 heteroatoms. The van der Waals surface area contributed by atoms with Gasteiger partial charge in [-0.25, -0.2) is 0 Å². The quantitative estimate of drug-likeness (QED) is 0.159. The van der Waals surface area contributed by atoms with E-state index in [0.717, 1.165) is 5.56 Å². The number of aryl methyl sites for hydroxylation is 2. The number of non-ortho nitro benzene ring substituents is 1. The van der Waals surface area contributed by atoms with Gasteiger partial charge >= 0.3 is 0 Å². The maximum Gasteiger partial charge on any atom is 0.269 e. The second-order valence-corrected chi connectivity index (χ2v) is 9.84. The summed E-state index contributed by atoms with van der Waals surface area (Å²) >= 11 is 1.20. The average Bonchev–Trinajstić information content (AvgIpc) is 3.24. The van der Waals surface area contributed by atoms with Crippen molar-refractivity contribution in [3.63, 3.8) is 0 Å². The molecule has 0 spiro atoms. The van der Waals surface area contributed by atoms with Crippen LogP contribution in [0, 0.1) is 29.9 Å². The SMILES string of the molecule is C=CCn1c(SCC(=O)Nc2ccc([N+](=O)[O-])cc2C)nnc1[C@H](NC(=O)c1ccc(C)cc1)C(C)C. The molecular formula is C26H30N6O4S. The summed E-state index contributed by atoms with van der Waals surface area (Å²) in [5.74, 6) is 0.148. The lowest BCUT2D eigenvalue weighted by Crippen LogP contribution is -2.33. The zero-order valence-electron chi connectivity index (χ0n) is 21.2. The number of nitro groups is 1. The lowest BCUT2D eigenvalue weighted by atomic mass is 10.0. The summed E-state index contributed by atoms with van der Waals surface area (Å²) in [7, 11) is 0. The number of anilines is 1. The van der Waals surface area contributed by atoms with Crippen LogP contribution in [-0.2, 0) is 11.3 Å². The fourth-order valence-corrected chi connectivity index (χ4v) is 4.37. The Morgan fingerprint density at radius 1 is 1.16 bits per heavy atom. The Morgan fingerprint density at radius 3 is 2.46 bits per heavy atom. The molecular weight excluding hydrogens is 492 g/mol. The third-order valence-corrected chi connectivity index (χ3v) is 6.60. The molecule has 0 radical (unpaired) electrons. The third kappa shape index (κ3) is 7.04. The molecule has 194 valence electrons. The molecule has 0 aliphatic carbocycles. The predicted molar refractivity (Wildman–Crippen MR) is 144 cm³/mol. The van der Waals surface area contributed by atoms with Crippen LogP contribution in [0.1, 0.15) is 47.2 Å². The van der Waals surface area contributed by atoms with Crippen LogP contribution in [0.15, 0.2) is 60.3 Å². The number of rotatable bonds is 11. The van der Waals surface area contributed by atoms with Gasteiger partial charge in [0.2, 0.25) is 5.91 Å². The molecule has 3 aromatic rings. The van der Waals surface area contributed by atoms with Gasteiger partial charge in [-0.1, -0.05) is 49.4 Å². The van der Waals surface area contributed by atoms with Crippen molar-refractivity contribution in [1.29, 1.82) is 0 Å². The van der Waals surface area contributed by atoms with Crippen LogP contribution in [0.4, 0.5) is 11.4 Å². The second kappa shape index (κ2) is 12.3. The summed E-state index contributed by atoms with van der Waals surface area (Å²) in [5, 5.41) is 25.9. The van der Waals surface area contributed by atoms with Crippen LogP contribution in [0.25, 0.3) is 0 Å². The zero-order chi connectivity index (χ0) is 27.1. The van der Waals surface area contributed by atoms with Crippen LogP contribution in [0.2, 0.25) is 0 Å². The van der Waals surface area contributed by atoms with Crippen LogP contribution >= 0.6 is 11.8 Å². The van der Waals surface area contributed by atoms with E-state index in [1.54, 1.807) is 25.1 Å². The van der Waals surface area contributed by atoms with Gasteiger partial charge in [-0.3, -0.25) is 19.7 Å². The number of aromatic nitrogens is 3. The summed E-state index contributed by atoms with van der Waals surface area (Å²) in [6, 6.07) is 11.2. The van der Waals surface area contributed by atoms with Gasteiger partial charge in [-0.2, -0.15) is 0 Å². The fourth-order valence-electron chi connectivity index (χ4n) is 3.61. The van der Waals surface area contributed by atoms with Crippen molar-refractivity contribution in [1.82, 2.24) is 20.1 Å². The number of hydrogen-bond donors (Lipinski definition) is 2. The Hall–Kier alpha value is -3.99. The van der Waals surface area contributed by atoms with Crippen LogP contribution < -0.4 is 10.6 Å². The number of carbonyl (C=O) groups excluding carboxylic acids is 2. The molecule has 0 saturated carbocycles. The molecule has 0 bridgehead atoms. The van der Waals surface area contributed by atoms with Crippen molar-refractivity contribution in [3.05, 3.63) is 87.7 Å². The first-order valence-electron chi connectivity index (χ1n) is 11.7. The topological polar surface area (TPSA) is 132 Å². The highest BCUT2D eigenvalue weighted by atomic mass is 32.2. The van der Waals surface area contributed by atoms with Crippen LogP contribution in [-0.4, -0.2) is 37.3 Å². The lowest BCUT2D eigenvalue weighted by molar-refractivity contribution is -0.384. The van der Waals surface area contributed by atoms with Crippen molar-refractivity contribution < 1.29 is 14.5 Å². The van der Waals surface area contributed by atoms with E-state index in [0.29, 0.717) is 34.3 Å². The molecule has 0 unspecified atom stereocenters. The highest BCUT2D eigenvalue weighted by Gasteiger charge is 2.26. The van der Waals surface area contributed by atoms with Gasteiger partial charge < -0.3 is 15.2 Å². The number of allylic oxidation sites excluding steroid dienone is 1. The van der Waals surface area contributed by atoms with E-state index in [1.807, 2.05) is 37.5 Å². The number of nitro benzene ring substituents is 1. The van der Waals surface area contributed by atoms with Crippen molar-refractivity contribution in [3.8, 4) is 0 Å². The molecule has 0 saturated heterocycles. The number of carbonyl (C=O) groups is 2. The molecule has 1 aromatic heterocycles. The number of nitrogens with zero attached hydrogens (tertiary/aromatic N) is 4. The largest absolute Gasteiger partial charge is 0.342 e. The maximum absolute atomic E-state index is 12.9. The number of thioether (sulfide) groups is 1. The van der Waals surface area contributed by atoms with E-state index in [9.17, 15) is 19.7 Å². The first-order valence-corrected chi connectivity index (χ1v) is 12.7. The summed E-state index contributed by atoms with van der Waals surface area (Å²) in [4.78, 5) is 36.0. The lowest BCUT2D eigenvalue weighted by Gasteiger charge is -2.22. The van der Waals surface area contributed by atoms with E-state index in [-0.39, 0.29) is 29.2 Å². The molecule has 1 heterocycles. The Labute approximate surface area is 219 Å². The Balaban J connectivity index is 1.74. The molecule has 1 atom stereocenters. The van der Waals surface area contributed by atoms with Crippen LogP contribution in [0.5, 0.6) is 0 Å². The zero-order valence-corrected chi connectivity index (χ0v) is 22.0. The smallest absolute Gasteiger partial charge is 0.269 e. The Kier molecular flexibility index (Phi) is 9.18. The standard InChI is InChI=1S/C26H30N6O4S/c1-6-13-31-24(23(16(2)3)28-25(34)19-9-7-17(4)8-10-19)29-30-26(31)37-15-22(33)27-21-12-11-20(32(35)36)14-18(21)5/h6-12,14,16,23H,1,13,15H2,2-5H3,(H,27,33)(H,28,34)/t23-/m1/s1. The number of benzene rings is 2. The maximum atomic E-state index is 12.9. The Bertz CT molecular complexity index is 1300. The summed E-state index contributed by atoms with van der Waals surface area (Å²) < 4.78 is 1.84. The van der Waals surface area contributed by atoms with Gasteiger partial charge in [0.1, 0.15) is 0 Å². The van der Waals surface area contributed by atoms with Gasteiger partial charge in [-0.05, 0) is 43.5 Å². The Morgan fingerprint density at radius 2 is 1.86 bits per heavy atom. The number of hydrogen-bond acceptors (Lipinski definition) is 7. The normalized spacial score (nSPS) is 11.7. The molecule has 3 rings (SSSR count). The minimum atomic E-state index is -0.480. The third-order valence-electron chi connectivity index (χ3n) is 5.63. The molecule has 2 amide bonds. The first-order chi connectivity index (χ1) is 17.6. The highest BCUT2D eigenvalue weighted by Crippen LogP contribution is 2.26. The van der Waals surface area contributed by atoms with Gasteiger partial charge in [0.05, 0.1) is 16.7 Å². The van der Waals surface area contributed by atoms with Gasteiger partial charge in [-0.15, -0.1) is 16.8 Å². The first kappa shape index (κ1) is 27.6. The minimum Gasteiger partial charge on any atom is -0.342 e. The second-order valence-electron chi connectivity index (χ2n) is 8.89. The van der Waals surface area contributed by atoms with E-state index >= 15 is 0 Å². The highest BCUT2D eigenvalue weighted by molar-refractivity contribution is 7.99. The van der Waals surface area contributed by atoms with E-state index in [2.05, 4.69) is 27.4 Å². The predicted octanol–water partition coefficient (Wildman–Crippen LogP) is 4.85. The van der Waals surface area contributed by atoms with E-state index < -0.39 is 11.0 Å². The summed E-state index contributed by atoms with van der Waals surface area (Å²) in [6.07, 6.45) is 1.70. The van der Waals surface area contributed by atoms with Crippen molar-refractivity contribution in [2.75, 3.05) is 11.1 Å². The molecule has 0 fully saturated rings. The summed E-state index contributed by atoms with van der Waals surface area (Å²) in [5.41, 5.74) is 2.68. The number of nitrogens with one attached hydrogen (secondary N) is 2. The van der Waals surface area contributed by atoms with Crippen molar-refractivity contribution in [2.45, 2.75) is 45.4 Å². The van der Waals surface area contributed by atoms with Crippen molar-refractivity contribution >= 4 is 35.0 Å². The molecule has 37 heavy (non-hydrogen) atoms. The fraction of sp³-hybridized carbons (Fsp3) is 0.308. The van der Waals surface area contributed by atoms with Gasteiger partial charge in [0, 0.05) is 29.9 Å². The van der Waals surface area contributed by atoms with E-state index in [1.165, 1.54) is 30.0 Å². The van der Waals surface area contributed by atoms with Gasteiger partial charge in [0.15, 0.2) is 11.0 Å².